The van der Waals surface area contributed by atoms with Crippen molar-refractivity contribution in [2.45, 2.75) is 32.4 Å². The van der Waals surface area contributed by atoms with E-state index in [1.807, 2.05) is 13.8 Å². The van der Waals surface area contributed by atoms with Crippen LogP contribution in [0.1, 0.15) is 30.6 Å². The first-order chi connectivity index (χ1) is 13.7. The van der Waals surface area contributed by atoms with Gasteiger partial charge in [0.15, 0.2) is 9.84 Å². The van der Waals surface area contributed by atoms with Crippen LogP contribution in [0.15, 0.2) is 24.3 Å². The van der Waals surface area contributed by atoms with Crippen LogP contribution in [0.25, 0.3) is 0 Å². The van der Waals surface area contributed by atoms with E-state index in [9.17, 15) is 18.0 Å². The molecular weight excluding hydrogens is 414 g/mol. The Morgan fingerprint density at radius 2 is 1.79 bits per heavy atom. The third-order valence-corrected chi connectivity index (χ3v) is 7.77. The highest BCUT2D eigenvalue weighted by atomic mass is 35.5. The van der Waals surface area contributed by atoms with Crippen LogP contribution in [0.5, 0.6) is 0 Å². The minimum Gasteiger partial charge on any atom is -0.340 e. The van der Waals surface area contributed by atoms with Gasteiger partial charge < -0.3 is 10.2 Å². The summed E-state index contributed by atoms with van der Waals surface area (Å²) in [6.07, 6.45) is 0.665. The van der Waals surface area contributed by atoms with E-state index in [-0.39, 0.29) is 35.3 Å². The Morgan fingerprint density at radius 3 is 2.34 bits per heavy atom. The Kier molecular flexibility index (Phi) is 6.86. The number of sulfone groups is 1. The zero-order chi connectivity index (χ0) is 21.2. The largest absolute Gasteiger partial charge is 0.340 e. The molecule has 3 rings (SSSR count). The highest BCUT2D eigenvalue weighted by Gasteiger charge is 2.36. The van der Waals surface area contributed by atoms with Gasteiger partial charge in [0.05, 0.1) is 22.1 Å². The van der Waals surface area contributed by atoms with E-state index >= 15 is 0 Å². The molecule has 2 aliphatic heterocycles. The fraction of sp³-hybridized carbons (Fsp3) is 0.600. The van der Waals surface area contributed by atoms with Crippen molar-refractivity contribution in [1.82, 2.24) is 15.1 Å². The van der Waals surface area contributed by atoms with Crippen LogP contribution in [0.3, 0.4) is 0 Å². The topological polar surface area (TPSA) is 86.8 Å². The smallest absolute Gasteiger partial charge is 0.253 e. The van der Waals surface area contributed by atoms with Gasteiger partial charge in [-0.05, 0) is 24.5 Å². The monoisotopic (exact) mass is 441 g/mol. The minimum absolute atomic E-state index is 0.0538. The molecule has 160 valence electrons. The van der Waals surface area contributed by atoms with Crippen molar-refractivity contribution >= 4 is 33.3 Å². The molecule has 7 nitrogen and oxygen atoms in total. The molecule has 2 amide bonds. The zero-order valence-corrected chi connectivity index (χ0v) is 18.4. The van der Waals surface area contributed by atoms with Crippen LogP contribution < -0.4 is 5.32 Å². The van der Waals surface area contributed by atoms with Crippen LogP contribution in [-0.4, -0.2) is 79.8 Å². The maximum absolute atomic E-state index is 13.1. The summed E-state index contributed by atoms with van der Waals surface area (Å²) >= 11 is 6.10. The van der Waals surface area contributed by atoms with E-state index in [0.29, 0.717) is 43.2 Å². The molecule has 29 heavy (non-hydrogen) atoms. The predicted molar refractivity (Wildman–Crippen MR) is 113 cm³/mol. The lowest BCUT2D eigenvalue weighted by molar-refractivity contribution is -0.136. The maximum Gasteiger partial charge on any atom is 0.253 e. The van der Waals surface area contributed by atoms with Crippen LogP contribution in [0, 0.1) is 5.92 Å². The van der Waals surface area contributed by atoms with Crippen LogP contribution in [0.2, 0.25) is 5.02 Å². The van der Waals surface area contributed by atoms with E-state index in [1.165, 1.54) is 0 Å². The van der Waals surface area contributed by atoms with Gasteiger partial charge in [0.25, 0.3) is 5.91 Å². The Balaban J connectivity index is 1.60. The van der Waals surface area contributed by atoms with Crippen molar-refractivity contribution in [3.63, 3.8) is 0 Å². The molecule has 2 aliphatic rings. The van der Waals surface area contributed by atoms with Gasteiger partial charge in [-0.25, -0.2) is 8.42 Å². The summed E-state index contributed by atoms with van der Waals surface area (Å²) in [5.41, 5.74) is 0.347. The molecule has 0 bridgehead atoms. The van der Waals surface area contributed by atoms with Gasteiger partial charge in [-0.1, -0.05) is 37.6 Å². The average molecular weight is 442 g/mol. The molecule has 2 atom stereocenters. The second-order valence-corrected chi connectivity index (χ2v) is 10.7. The molecule has 0 spiro atoms. The van der Waals surface area contributed by atoms with Crippen molar-refractivity contribution < 1.29 is 18.0 Å². The van der Waals surface area contributed by atoms with Crippen molar-refractivity contribution in [1.29, 1.82) is 0 Å². The molecule has 1 aromatic rings. The second kappa shape index (κ2) is 9.02. The number of rotatable bonds is 5. The number of carbonyl (C=O) groups excluding carboxylic acids is 2. The molecule has 1 N–H and O–H groups in total. The number of amides is 2. The second-order valence-electron chi connectivity index (χ2n) is 8.09. The summed E-state index contributed by atoms with van der Waals surface area (Å²) in [6.45, 7) is 6.15. The molecule has 1 unspecified atom stereocenters. The van der Waals surface area contributed by atoms with Gasteiger partial charge in [0, 0.05) is 32.2 Å². The maximum atomic E-state index is 13.1. The van der Waals surface area contributed by atoms with Crippen molar-refractivity contribution in [3.05, 3.63) is 34.9 Å². The Labute approximate surface area is 177 Å². The predicted octanol–water partition coefficient (Wildman–Crippen LogP) is 1.43. The van der Waals surface area contributed by atoms with Gasteiger partial charge in [0.1, 0.15) is 6.04 Å². The molecule has 2 heterocycles. The normalized spacial score (nSPS) is 23.2. The van der Waals surface area contributed by atoms with E-state index < -0.39 is 15.9 Å². The lowest BCUT2D eigenvalue weighted by atomic mass is 10.0. The summed E-state index contributed by atoms with van der Waals surface area (Å²) in [7, 11) is -2.92. The van der Waals surface area contributed by atoms with Gasteiger partial charge in [0.2, 0.25) is 5.91 Å². The number of piperazine rings is 1. The zero-order valence-electron chi connectivity index (χ0n) is 16.8. The highest BCUT2D eigenvalue weighted by molar-refractivity contribution is 7.91. The number of nitrogens with one attached hydrogen (secondary N) is 1. The average Bonchev–Trinajstić information content (AvgIpc) is 3.05. The lowest BCUT2D eigenvalue weighted by Crippen LogP contribution is -2.57. The first kappa shape index (κ1) is 22.1. The molecule has 0 radical (unpaired) electrons. The van der Waals surface area contributed by atoms with E-state index in [1.54, 1.807) is 29.2 Å². The van der Waals surface area contributed by atoms with E-state index in [2.05, 4.69) is 10.2 Å². The van der Waals surface area contributed by atoms with Crippen LogP contribution in [0.4, 0.5) is 0 Å². The quantitative estimate of drug-likeness (QED) is 0.746. The van der Waals surface area contributed by atoms with E-state index in [0.717, 1.165) is 0 Å². The van der Waals surface area contributed by atoms with Gasteiger partial charge in [-0.3, -0.25) is 14.5 Å². The number of nitrogens with zero attached hydrogens (tertiary/aromatic N) is 2. The van der Waals surface area contributed by atoms with Gasteiger partial charge in [-0.15, -0.1) is 0 Å². The standard InChI is InChI=1S/C20H28ClN3O4S/c1-14(2)18(22-19(25)16-5-3-4-6-17(16)21)20(26)24-10-8-23(9-11-24)15-7-12-29(27,28)13-15/h3-6,14-15,18H,7-13H2,1-2H3,(H,22,25)/t15?,18-/m0/s1. The first-order valence-electron chi connectivity index (χ1n) is 9.96. The number of carbonyl (C=O) groups is 2. The fourth-order valence-electron chi connectivity index (χ4n) is 3.95. The minimum atomic E-state index is -2.92. The Hall–Kier alpha value is -1.64. The SMILES string of the molecule is CC(C)[C@H](NC(=O)c1ccccc1Cl)C(=O)N1CCN(C2CCS(=O)(=O)C2)CC1. The Bertz CT molecular complexity index is 866. The van der Waals surface area contributed by atoms with E-state index in [4.69, 9.17) is 11.6 Å². The third kappa shape index (κ3) is 5.29. The van der Waals surface area contributed by atoms with Crippen molar-refractivity contribution in [3.8, 4) is 0 Å². The molecule has 2 saturated heterocycles. The van der Waals surface area contributed by atoms with Crippen LogP contribution in [-0.2, 0) is 14.6 Å². The summed E-state index contributed by atoms with van der Waals surface area (Å²) < 4.78 is 23.4. The first-order valence-corrected chi connectivity index (χ1v) is 12.2. The number of benzene rings is 1. The summed E-state index contributed by atoms with van der Waals surface area (Å²) in [5.74, 6) is -0.0903. The third-order valence-electron chi connectivity index (χ3n) is 5.69. The molecule has 0 aliphatic carbocycles. The van der Waals surface area contributed by atoms with Crippen LogP contribution >= 0.6 is 11.6 Å². The number of hydrogen-bond acceptors (Lipinski definition) is 5. The van der Waals surface area contributed by atoms with Gasteiger partial charge in [-0.2, -0.15) is 0 Å². The Morgan fingerprint density at radius 1 is 1.14 bits per heavy atom. The lowest BCUT2D eigenvalue weighted by Gasteiger charge is -2.39. The summed E-state index contributed by atoms with van der Waals surface area (Å²) in [5, 5.41) is 3.19. The molecule has 0 aromatic heterocycles. The highest BCUT2D eigenvalue weighted by Crippen LogP contribution is 2.20. The number of hydrogen-bond donors (Lipinski definition) is 1. The van der Waals surface area contributed by atoms with Crippen molar-refractivity contribution in [2.75, 3.05) is 37.7 Å². The summed E-state index contributed by atoms with van der Waals surface area (Å²) in [4.78, 5) is 29.6. The molecular formula is C20H28ClN3O4S. The van der Waals surface area contributed by atoms with Crippen molar-refractivity contribution in [2.24, 2.45) is 5.92 Å². The summed E-state index contributed by atoms with van der Waals surface area (Å²) in [6, 6.07) is 6.17. The molecule has 2 fully saturated rings. The number of halogens is 1. The molecule has 0 saturated carbocycles. The fourth-order valence-corrected chi connectivity index (χ4v) is 5.93. The van der Waals surface area contributed by atoms with Gasteiger partial charge >= 0.3 is 0 Å². The molecule has 9 heteroatoms. The molecule has 1 aromatic carbocycles.